The molecule has 0 aliphatic heterocycles. The summed E-state index contributed by atoms with van der Waals surface area (Å²) < 4.78 is 4.88. The van der Waals surface area contributed by atoms with Gasteiger partial charge in [-0.1, -0.05) is 30.3 Å². The molecule has 3 N–H and O–H groups in total. The Morgan fingerprint density at radius 1 is 1.45 bits per heavy atom. The topological polar surface area (TPSA) is 77.2 Å². The average molecular weight is 291 g/mol. The van der Waals surface area contributed by atoms with E-state index >= 15 is 0 Å². The van der Waals surface area contributed by atoms with Gasteiger partial charge < -0.3 is 15.8 Å². The first kappa shape index (κ1) is 14.6. The van der Waals surface area contributed by atoms with Crippen LogP contribution in [0.4, 0.5) is 5.00 Å². The summed E-state index contributed by atoms with van der Waals surface area (Å²) in [6, 6.07) is 9.04. The first-order valence-electron chi connectivity index (χ1n) is 6.20. The molecule has 1 atom stereocenters. The Labute approximate surface area is 121 Å². The molecule has 1 heterocycles. The molecule has 2 aromatic rings. The van der Waals surface area contributed by atoms with Crippen molar-refractivity contribution >= 4 is 22.2 Å². The maximum Gasteiger partial charge on any atom is 0.244 e. The van der Waals surface area contributed by atoms with Gasteiger partial charge in [-0.05, 0) is 6.92 Å². The summed E-state index contributed by atoms with van der Waals surface area (Å²) in [6.45, 7) is 2.09. The van der Waals surface area contributed by atoms with Crippen LogP contribution in [0.2, 0.25) is 0 Å². The number of nitrogens with zero attached hydrogens (tertiary/aromatic N) is 1. The molecule has 0 radical (unpaired) electrons. The minimum Gasteiger partial charge on any atom is -0.383 e. The van der Waals surface area contributed by atoms with Crippen molar-refractivity contribution in [2.24, 2.45) is 5.73 Å². The molecular formula is C14H17N3O2S. The molecule has 106 valence electrons. The van der Waals surface area contributed by atoms with Gasteiger partial charge in [0, 0.05) is 12.7 Å². The van der Waals surface area contributed by atoms with Gasteiger partial charge in [-0.15, -0.1) is 11.3 Å². The quantitative estimate of drug-likeness (QED) is 0.883. The van der Waals surface area contributed by atoms with Crippen LogP contribution in [0.5, 0.6) is 0 Å². The van der Waals surface area contributed by atoms with Crippen LogP contribution in [0.25, 0.3) is 11.3 Å². The lowest BCUT2D eigenvalue weighted by molar-refractivity contribution is -0.118. The number of nitrogens with two attached hydrogens (primary N) is 1. The molecule has 1 aromatic heterocycles. The number of thiazole rings is 1. The van der Waals surface area contributed by atoms with Crippen molar-refractivity contribution in [3.8, 4) is 11.3 Å². The lowest BCUT2D eigenvalue weighted by atomic mass is 10.1. The predicted molar refractivity (Wildman–Crippen MR) is 80.8 cm³/mol. The summed E-state index contributed by atoms with van der Waals surface area (Å²) in [7, 11) is 1.51. The third-order valence-corrected chi connectivity index (χ3v) is 3.59. The van der Waals surface area contributed by atoms with Crippen LogP contribution in [-0.2, 0) is 9.53 Å². The Kier molecular flexibility index (Phi) is 4.84. The van der Waals surface area contributed by atoms with E-state index in [1.54, 1.807) is 0 Å². The van der Waals surface area contributed by atoms with Crippen LogP contribution in [0, 0.1) is 6.92 Å². The number of benzene rings is 1. The van der Waals surface area contributed by atoms with E-state index in [1.807, 2.05) is 37.3 Å². The van der Waals surface area contributed by atoms with Gasteiger partial charge in [0.1, 0.15) is 16.7 Å². The van der Waals surface area contributed by atoms with Crippen molar-refractivity contribution in [1.82, 2.24) is 4.98 Å². The number of hydrogen-bond acceptors (Lipinski definition) is 5. The summed E-state index contributed by atoms with van der Waals surface area (Å²) in [5.74, 6) is -0.271. The second-order valence-corrected chi connectivity index (χ2v) is 5.53. The van der Waals surface area contributed by atoms with Crippen molar-refractivity contribution in [1.29, 1.82) is 0 Å². The summed E-state index contributed by atoms with van der Waals surface area (Å²) in [4.78, 5) is 16.4. The molecule has 1 aromatic carbocycles. The third kappa shape index (κ3) is 3.41. The molecule has 1 unspecified atom stereocenters. The summed E-state index contributed by atoms with van der Waals surface area (Å²) in [6.07, 6.45) is 0. The number of anilines is 1. The van der Waals surface area contributed by atoms with E-state index in [0.717, 1.165) is 16.3 Å². The normalized spacial score (nSPS) is 12.2. The maximum absolute atomic E-state index is 12.0. The van der Waals surface area contributed by atoms with Gasteiger partial charge >= 0.3 is 0 Å². The second kappa shape index (κ2) is 6.60. The Hall–Kier alpha value is -1.76. The van der Waals surface area contributed by atoms with Gasteiger partial charge in [-0.2, -0.15) is 0 Å². The monoisotopic (exact) mass is 291 g/mol. The van der Waals surface area contributed by atoms with Gasteiger partial charge in [-0.25, -0.2) is 4.98 Å². The van der Waals surface area contributed by atoms with E-state index in [1.165, 1.54) is 18.4 Å². The smallest absolute Gasteiger partial charge is 0.244 e. The van der Waals surface area contributed by atoms with E-state index in [2.05, 4.69) is 10.3 Å². The summed E-state index contributed by atoms with van der Waals surface area (Å²) in [5, 5.41) is 4.43. The van der Waals surface area contributed by atoms with Crippen LogP contribution in [0.15, 0.2) is 30.3 Å². The molecule has 0 saturated heterocycles. The van der Waals surface area contributed by atoms with Crippen LogP contribution in [-0.4, -0.2) is 30.6 Å². The zero-order valence-corrected chi connectivity index (χ0v) is 12.2. The minimum absolute atomic E-state index is 0.185. The molecule has 0 aliphatic rings. The number of amides is 1. The fourth-order valence-corrected chi connectivity index (χ4v) is 2.61. The Bertz CT molecular complexity index is 583. The van der Waals surface area contributed by atoms with Crippen molar-refractivity contribution in [3.05, 3.63) is 35.3 Å². The number of hydrogen-bond donors (Lipinski definition) is 2. The first-order chi connectivity index (χ1) is 9.61. The van der Waals surface area contributed by atoms with E-state index in [4.69, 9.17) is 10.5 Å². The van der Waals surface area contributed by atoms with Crippen molar-refractivity contribution < 1.29 is 9.53 Å². The molecule has 0 bridgehead atoms. The molecule has 0 fully saturated rings. The highest BCUT2D eigenvalue weighted by molar-refractivity contribution is 7.16. The standard InChI is InChI=1S/C14H17N3O2S/c1-9-16-12(10-6-4-3-5-7-10)14(20-9)17-13(18)11(15)8-19-2/h3-7,11H,8,15H2,1-2H3,(H,17,18). The van der Waals surface area contributed by atoms with Crippen LogP contribution >= 0.6 is 11.3 Å². The molecule has 20 heavy (non-hydrogen) atoms. The average Bonchev–Trinajstić information content (AvgIpc) is 2.81. The van der Waals surface area contributed by atoms with Crippen LogP contribution in [0.3, 0.4) is 0 Å². The van der Waals surface area contributed by atoms with Gasteiger partial charge in [-0.3, -0.25) is 4.79 Å². The zero-order valence-electron chi connectivity index (χ0n) is 11.4. The minimum atomic E-state index is -0.689. The highest BCUT2D eigenvalue weighted by atomic mass is 32.1. The largest absolute Gasteiger partial charge is 0.383 e. The van der Waals surface area contributed by atoms with Crippen molar-refractivity contribution in [2.45, 2.75) is 13.0 Å². The summed E-state index contributed by atoms with van der Waals surface area (Å²) in [5.41, 5.74) is 7.45. The molecule has 2 rings (SSSR count). The van der Waals surface area contributed by atoms with Crippen molar-refractivity contribution in [3.63, 3.8) is 0 Å². The predicted octanol–water partition coefficient (Wildman–Crippen LogP) is 2.03. The first-order valence-corrected chi connectivity index (χ1v) is 7.01. The molecule has 0 saturated carbocycles. The lowest BCUT2D eigenvalue weighted by Crippen LogP contribution is -2.39. The number of rotatable bonds is 5. The highest BCUT2D eigenvalue weighted by Gasteiger charge is 2.18. The fourth-order valence-electron chi connectivity index (χ4n) is 1.76. The molecule has 0 aliphatic carbocycles. The van der Waals surface area contributed by atoms with Gasteiger partial charge in [0.2, 0.25) is 5.91 Å². The molecular weight excluding hydrogens is 274 g/mol. The van der Waals surface area contributed by atoms with E-state index in [9.17, 15) is 4.79 Å². The number of ether oxygens (including phenoxy) is 1. The Morgan fingerprint density at radius 2 is 2.15 bits per heavy atom. The van der Waals surface area contributed by atoms with Crippen LogP contribution in [0.1, 0.15) is 5.01 Å². The number of aryl methyl sites for hydroxylation is 1. The Balaban J connectivity index is 2.23. The molecule has 5 nitrogen and oxygen atoms in total. The Morgan fingerprint density at radius 3 is 2.80 bits per heavy atom. The van der Waals surface area contributed by atoms with Gasteiger partial charge in [0.05, 0.1) is 11.6 Å². The van der Waals surface area contributed by atoms with E-state index in [0.29, 0.717) is 5.00 Å². The number of aromatic nitrogens is 1. The molecule has 1 amide bonds. The fraction of sp³-hybridized carbons (Fsp3) is 0.286. The maximum atomic E-state index is 12.0. The van der Waals surface area contributed by atoms with Crippen LogP contribution < -0.4 is 11.1 Å². The highest BCUT2D eigenvalue weighted by Crippen LogP contribution is 2.32. The van der Waals surface area contributed by atoms with E-state index in [-0.39, 0.29) is 12.5 Å². The van der Waals surface area contributed by atoms with Crippen molar-refractivity contribution in [2.75, 3.05) is 19.0 Å². The van der Waals surface area contributed by atoms with E-state index < -0.39 is 6.04 Å². The number of carbonyl (C=O) groups is 1. The lowest BCUT2D eigenvalue weighted by Gasteiger charge is -2.10. The SMILES string of the molecule is COCC(N)C(=O)Nc1sc(C)nc1-c1ccccc1. The third-order valence-electron chi connectivity index (χ3n) is 2.70. The number of carbonyl (C=O) groups excluding carboxylic acids is 1. The number of nitrogens with one attached hydrogen (secondary N) is 1. The summed E-state index contributed by atoms with van der Waals surface area (Å²) >= 11 is 1.43. The zero-order chi connectivity index (χ0) is 14.5. The molecule has 0 spiro atoms. The van der Waals surface area contributed by atoms with Gasteiger partial charge in [0.15, 0.2) is 0 Å². The van der Waals surface area contributed by atoms with Gasteiger partial charge in [0.25, 0.3) is 0 Å². The number of methoxy groups -OCH3 is 1. The molecule has 6 heteroatoms. The second-order valence-electron chi connectivity index (χ2n) is 4.33.